The largest absolute Gasteiger partial charge is 0.486 e. The summed E-state index contributed by atoms with van der Waals surface area (Å²) in [4.78, 5) is 24.0. The molecule has 0 aliphatic carbocycles. The van der Waals surface area contributed by atoms with Crippen LogP contribution in [0.4, 0.5) is 15.8 Å². The number of hydrogen-bond donors (Lipinski definition) is 2. The molecule has 38 heavy (non-hydrogen) atoms. The van der Waals surface area contributed by atoms with Gasteiger partial charge in [-0.15, -0.1) is 0 Å². The molecular formula is C26H25FN4O6S. The molecular weight excluding hydrogens is 515 g/mol. The summed E-state index contributed by atoms with van der Waals surface area (Å²) < 4.78 is 52.6. The number of carbonyl (C=O) groups is 2. The van der Waals surface area contributed by atoms with Crippen molar-refractivity contribution in [1.82, 2.24) is 5.43 Å². The zero-order valence-corrected chi connectivity index (χ0v) is 21.4. The van der Waals surface area contributed by atoms with Gasteiger partial charge >= 0.3 is 0 Å². The second-order valence-corrected chi connectivity index (χ2v) is 10.2. The van der Waals surface area contributed by atoms with Gasteiger partial charge in [0, 0.05) is 18.7 Å². The number of amides is 2. The van der Waals surface area contributed by atoms with Gasteiger partial charge in [-0.2, -0.15) is 5.10 Å². The number of fused-ring (bicyclic) bond motifs is 1. The Morgan fingerprint density at radius 1 is 0.974 bits per heavy atom. The van der Waals surface area contributed by atoms with Crippen LogP contribution < -0.4 is 24.5 Å². The number of halogens is 1. The summed E-state index contributed by atoms with van der Waals surface area (Å²) in [6.07, 6.45) is 0. The Hall–Kier alpha value is -4.45. The molecule has 10 nitrogen and oxygen atoms in total. The van der Waals surface area contributed by atoms with Crippen molar-refractivity contribution < 1.29 is 31.9 Å². The third-order valence-electron chi connectivity index (χ3n) is 5.45. The SMILES string of the molecule is CC(=O)Nc1cccc(/C(C)=N\NC(=O)CN(c2ccc(F)cc2)S(=O)(=O)c2ccc3c(c2)OCCO3)c1. The highest BCUT2D eigenvalue weighted by atomic mass is 32.2. The van der Waals surface area contributed by atoms with Crippen LogP contribution in [0.25, 0.3) is 0 Å². The molecule has 3 aromatic carbocycles. The molecule has 2 amide bonds. The van der Waals surface area contributed by atoms with E-state index in [1.165, 1.54) is 37.3 Å². The van der Waals surface area contributed by atoms with Crippen molar-refractivity contribution in [3.05, 3.63) is 78.1 Å². The Kier molecular flexibility index (Phi) is 7.91. The first-order chi connectivity index (χ1) is 18.1. The Bertz CT molecular complexity index is 1490. The van der Waals surface area contributed by atoms with Crippen LogP contribution in [0.2, 0.25) is 0 Å². The zero-order chi connectivity index (χ0) is 27.3. The van der Waals surface area contributed by atoms with Gasteiger partial charge in [0.1, 0.15) is 25.6 Å². The van der Waals surface area contributed by atoms with Gasteiger partial charge in [-0.05, 0) is 61.0 Å². The molecule has 0 unspecified atom stereocenters. The number of hydrazone groups is 1. The van der Waals surface area contributed by atoms with Gasteiger partial charge in [0.25, 0.3) is 15.9 Å². The van der Waals surface area contributed by atoms with Gasteiger partial charge in [-0.1, -0.05) is 12.1 Å². The number of nitrogens with one attached hydrogen (secondary N) is 2. The average Bonchev–Trinajstić information content (AvgIpc) is 2.90. The molecule has 0 bridgehead atoms. The van der Waals surface area contributed by atoms with Crippen molar-refractivity contribution >= 4 is 38.9 Å². The molecule has 0 fully saturated rings. The number of rotatable bonds is 8. The number of anilines is 2. The summed E-state index contributed by atoms with van der Waals surface area (Å²) >= 11 is 0. The highest BCUT2D eigenvalue weighted by Crippen LogP contribution is 2.34. The second kappa shape index (κ2) is 11.3. The maximum absolute atomic E-state index is 13.6. The van der Waals surface area contributed by atoms with Crippen LogP contribution in [0.3, 0.4) is 0 Å². The lowest BCUT2D eigenvalue weighted by Gasteiger charge is -2.25. The van der Waals surface area contributed by atoms with Gasteiger partial charge in [-0.25, -0.2) is 18.2 Å². The van der Waals surface area contributed by atoms with Crippen LogP contribution in [-0.2, 0) is 19.6 Å². The van der Waals surface area contributed by atoms with E-state index in [4.69, 9.17) is 9.47 Å². The van der Waals surface area contributed by atoms with Crippen molar-refractivity contribution in [3.63, 3.8) is 0 Å². The van der Waals surface area contributed by atoms with Crippen molar-refractivity contribution in [2.24, 2.45) is 5.10 Å². The van der Waals surface area contributed by atoms with Crippen molar-refractivity contribution in [3.8, 4) is 11.5 Å². The summed E-state index contributed by atoms with van der Waals surface area (Å²) in [6, 6.07) is 15.7. The molecule has 1 heterocycles. The monoisotopic (exact) mass is 540 g/mol. The molecule has 1 aliphatic heterocycles. The molecule has 0 atom stereocenters. The summed E-state index contributed by atoms with van der Waals surface area (Å²) in [6.45, 7) is 3.02. The molecule has 3 aromatic rings. The van der Waals surface area contributed by atoms with Gasteiger partial charge in [0.05, 0.1) is 16.3 Å². The minimum Gasteiger partial charge on any atom is -0.486 e. The summed E-state index contributed by atoms with van der Waals surface area (Å²) in [5.41, 5.74) is 4.07. The predicted molar refractivity (Wildman–Crippen MR) is 139 cm³/mol. The van der Waals surface area contributed by atoms with Gasteiger partial charge < -0.3 is 14.8 Å². The number of hydrogen-bond acceptors (Lipinski definition) is 7. The number of sulfonamides is 1. The van der Waals surface area contributed by atoms with Crippen molar-refractivity contribution in [2.45, 2.75) is 18.7 Å². The molecule has 0 spiro atoms. The van der Waals surface area contributed by atoms with E-state index in [2.05, 4.69) is 15.8 Å². The van der Waals surface area contributed by atoms with Gasteiger partial charge in [0.2, 0.25) is 5.91 Å². The number of nitrogens with zero attached hydrogens (tertiary/aromatic N) is 2. The second-order valence-electron chi connectivity index (χ2n) is 8.29. The van der Waals surface area contributed by atoms with Crippen LogP contribution in [-0.4, -0.2) is 45.7 Å². The molecule has 0 saturated heterocycles. The van der Waals surface area contributed by atoms with E-state index in [1.54, 1.807) is 31.2 Å². The van der Waals surface area contributed by atoms with Gasteiger partial charge in [-0.3, -0.25) is 13.9 Å². The van der Waals surface area contributed by atoms with Crippen molar-refractivity contribution in [2.75, 3.05) is 29.4 Å². The first-order valence-electron chi connectivity index (χ1n) is 11.5. The Labute approximate surface area is 219 Å². The third-order valence-corrected chi connectivity index (χ3v) is 7.22. The fourth-order valence-corrected chi connectivity index (χ4v) is 5.07. The third kappa shape index (κ3) is 6.27. The van der Waals surface area contributed by atoms with Crippen LogP contribution in [0.15, 0.2) is 76.7 Å². The van der Waals surface area contributed by atoms with E-state index in [0.29, 0.717) is 29.3 Å². The first-order valence-corrected chi connectivity index (χ1v) is 13.0. The molecule has 0 radical (unpaired) electrons. The summed E-state index contributed by atoms with van der Waals surface area (Å²) in [7, 11) is -4.28. The van der Waals surface area contributed by atoms with Crippen LogP contribution >= 0.6 is 0 Å². The highest BCUT2D eigenvalue weighted by molar-refractivity contribution is 7.92. The molecule has 0 saturated carbocycles. The first kappa shape index (κ1) is 26.6. The fourth-order valence-electron chi connectivity index (χ4n) is 3.64. The highest BCUT2D eigenvalue weighted by Gasteiger charge is 2.29. The minimum absolute atomic E-state index is 0.0835. The molecule has 2 N–H and O–H groups in total. The molecule has 0 aromatic heterocycles. The average molecular weight is 541 g/mol. The van der Waals surface area contributed by atoms with Crippen LogP contribution in [0, 0.1) is 5.82 Å². The quantitative estimate of drug-likeness (QED) is 0.334. The van der Waals surface area contributed by atoms with Gasteiger partial charge in [0.15, 0.2) is 11.5 Å². The Balaban J connectivity index is 1.58. The fraction of sp³-hybridized carbons (Fsp3) is 0.192. The number of ether oxygens (including phenoxy) is 2. The minimum atomic E-state index is -4.28. The smallest absolute Gasteiger partial charge is 0.264 e. The van der Waals surface area contributed by atoms with E-state index < -0.39 is 28.3 Å². The van der Waals surface area contributed by atoms with E-state index >= 15 is 0 Å². The molecule has 4 rings (SSSR count). The van der Waals surface area contributed by atoms with E-state index in [9.17, 15) is 22.4 Å². The molecule has 12 heteroatoms. The van der Waals surface area contributed by atoms with Crippen molar-refractivity contribution in [1.29, 1.82) is 0 Å². The normalized spacial score (nSPS) is 13.0. The van der Waals surface area contributed by atoms with E-state index in [0.717, 1.165) is 16.4 Å². The lowest BCUT2D eigenvalue weighted by molar-refractivity contribution is -0.119. The maximum atomic E-state index is 13.6. The Morgan fingerprint density at radius 2 is 1.68 bits per heavy atom. The predicted octanol–water partition coefficient (Wildman–Crippen LogP) is 3.29. The molecule has 1 aliphatic rings. The summed E-state index contributed by atoms with van der Waals surface area (Å²) in [5, 5.41) is 6.74. The number of carbonyl (C=O) groups excluding carboxylic acids is 2. The van der Waals surface area contributed by atoms with E-state index in [1.807, 2.05) is 0 Å². The number of benzene rings is 3. The van der Waals surface area contributed by atoms with Crippen LogP contribution in [0.5, 0.6) is 11.5 Å². The zero-order valence-electron chi connectivity index (χ0n) is 20.6. The van der Waals surface area contributed by atoms with E-state index in [-0.39, 0.29) is 28.8 Å². The lowest BCUT2D eigenvalue weighted by atomic mass is 10.1. The topological polar surface area (TPSA) is 126 Å². The summed E-state index contributed by atoms with van der Waals surface area (Å²) in [5.74, 6) is -0.842. The maximum Gasteiger partial charge on any atom is 0.264 e. The van der Waals surface area contributed by atoms with Crippen LogP contribution in [0.1, 0.15) is 19.4 Å². The standard InChI is InChI=1S/C26H25FN4O6S/c1-17(19-4-3-5-21(14-19)28-18(2)32)29-30-26(33)16-31(22-8-6-20(27)7-9-22)38(34,35)23-10-11-24-25(15-23)37-13-12-36-24/h3-11,14-15H,12-13,16H2,1-2H3,(H,28,32)(H,30,33)/b29-17-. The lowest BCUT2D eigenvalue weighted by Crippen LogP contribution is -2.39. The Morgan fingerprint density at radius 3 is 2.39 bits per heavy atom. The molecule has 198 valence electrons.